The number of piperidine rings is 1. The Bertz CT molecular complexity index is 573. The molecule has 5 heteroatoms. The van der Waals surface area contributed by atoms with Gasteiger partial charge in [-0.2, -0.15) is 0 Å². The molecule has 2 atom stereocenters. The van der Waals surface area contributed by atoms with Crippen molar-refractivity contribution in [3.63, 3.8) is 0 Å². The number of hydrogen-bond donors (Lipinski definition) is 1. The number of likely N-dealkylation sites (tertiary alicyclic amines) is 1. The molecule has 2 fully saturated rings. The molecule has 3 rings (SSSR count). The van der Waals surface area contributed by atoms with E-state index in [4.69, 9.17) is 5.73 Å². The van der Waals surface area contributed by atoms with Gasteiger partial charge in [0.1, 0.15) is 11.4 Å². The van der Waals surface area contributed by atoms with Crippen LogP contribution in [0.3, 0.4) is 0 Å². The van der Waals surface area contributed by atoms with Gasteiger partial charge in [0.15, 0.2) is 0 Å². The highest BCUT2D eigenvalue weighted by atomic mass is 16.2. The molecule has 0 bridgehead atoms. The number of carbonyl (C=O) groups is 2. The SMILES string of the molecule is NC(=O)c1cccc(C(=O)N2CCC3CCCCCC3C2)n1. The normalized spacial score (nSPS) is 25.2. The number of hydrogen-bond acceptors (Lipinski definition) is 3. The lowest BCUT2D eigenvalue weighted by Gasteiger charge is -2.37. The second-order valence-electron chi connectivity index (χ2n) is 6.47. The van der Waals surface area contributed by atoms with Gasteiger partial charge in [-0.15, -0.1) is 0 Å². The van der Waals surface area contributed by atoms with E-state index in [1.165, 1.54) is 38.2 Å². The average Bonchev–Trinajstić information content (AvgIpc) is 2.78. The maximum absolute atomic E-state index is 12.6. The van der Waals surface area contributed by atoms with Crippen molar-refractivity contribution in [2.45, 2.75) is 38.5 Å². The van der Waals surface area contributed by atoms with Crippen LogP contribution in [0.1, 0.15) is 59.5 Å². The summed E-state index contributed by atoms with van der Waals surface area (Å²) >= 11 is 0. The van der Waals surface area contributed by atoms with Crippen molar-refractivity contribution < 1.29 is 9.59 Å². The van der Waals surface area contributed by atoms with E-state index in [-0.39, 0.29) is 11.6 Å². The monoisotopic (exact) mass is 301 g/mol. The molecule has 118 valence electrons. The Morgan fingerprint density at radius 1 is 1.05 bits per heavy atom. The van der Waals surface area contributed by atoms with Crippen molar-refractivity contribution >= 4 is 11.8 Å². The van der Waals surface area contributed by atoms with Gasteiger partial charge >= 0.3 is 0 Å². The first-order valence-electron chi connectivity index (χ1n) is 8.21. The Labute approximate surface area is 130 Å². The molecule has 0 radical (unpaired) electrons. The molecule has 1 saturated carbocycles. The number of carbonyl (C=O) groups excluding carboxylic acids is 2. The number of rotatable bonds is 2. The molecule has 1 aromatic rings. The van der Waals surface area contributed by atoms with Crippen molar-refractivity contribution in [3.05, 3.63) is 29.6 Å². The topological polar surface area (TPSA) is 76.3 Å². The highest BCUT2D eigenvalue weighted by Gasteiger charge is 2.32. The predicted octanol–water partition coefficient (Wildman–Crippen LogP) is 2.22. The van der Waals surface area contributed by atoms with E-state index in [0.717, 1.165) is 25.4 Å². The number of primary amides is 1. The van der Waals surface area contributed by atoms with Crippen molar-refractivity contribution in [1.82, 2.24) is 9.88 Å². The van der Waals surface area contributed by atoms with Crippen LogP contribution in [0.5, 0.6) is 0 Å². The molecular formula is C17H23N3O2. The van der Waals surface area contributed by atoms with E-state index < -0.39 is 5.91 Å². The lowest BCUT2D eigenvalue weighted by Crippen LogP contribution is -2.43. The second kappa shape index (κ2) is 6.46. The lowest BCUT2D eigenvalue weighted by molar-refractivity contribution is 0.0578. The summed E-state index contributed by atoms with van der Waals surface area (Å²) in [7, 11) is 0. The number of pyridine rings is 1. The fourth-order valence-electron chi connectivity index (χ4n) is 3.82. The number of nitrogens with zero attached hydrogens (tertiary/aromatic N) is 2. The summed E-state index contributed by atoms with van der Waals surface area (Å²) in [5.74, 6) is 0.721. The maximum atomic E-state index is 12.6. The van der Waals surface area contributed by atoms with Crippen LogP contribution in [0.4, 0.5) is 0 Å². The van der Waals surface area contributed by atoms with Gasteiger partial charge in [-0.25, -0.2) is 4.98 Å². The van der Waals surface area contributed by atoms with E-state index in [1.807, 2.05) is 4.90 Å². The third-order valence-corrected chi connectivity index (χ3v) is 5.05. The summed E-state index contributed by atoms with van der Waals surface area (Å²) in [6, 6.07) is 4.86. The quantitative estimate of drug-likeness (QED) is 0.910. The van der Waals surface area contributed by atoms with Gasteiger partial charge in [0.25, 0.3) is 11.8 Å². The van der Waals surface area contributed by atoms with Crippen LogP contribution in [0, 0.1) is 11.8 Å². The van der Waals surface area contributed by atoms with Crippen LogP contribution in [0.15, 0.2) is 18.2 Å². The Morgan fingerprint density at radius 2 is 1.77 bits per heavy atom. The summed E-state index contributed by atoms with van der Waals surface area (Å²) in [5.41, 5.74) is 5.71. The maximum Gasteiger partial charge on any atom is 0.272 e. The molecule has 2 N–H and O–H groups in total. The van der Waals surface area contributed by atoms with Crippen molar-refractivity contribution in [3.8, 4) is 0 Å². The molecular weight excluding hydrogens is 278 g/mol. The van der Waals surface area contributed by atoms with Crippen LogP contribution < -0.4 is 5.73 Å². The minimum atomic E-state index is -0.600. The molecule has 1 aliphatic heterocycles. The molecule has 2 aliphatic rings. The van der Waals surface area contributed by atoms with Crippen LogP contribution >= 0.6 is 0 Å². The first-order valence-corrected chi connectivity index (χ1v) is 8.21. The molecule has 1 aromatic heterocycles. The zero-order chi connectivity index (χ0) is 15.5. The van der Waals surface area contributed by atoms with Gasteiger partial charge in [0.05, 0.1) is 0 Å². The molecule has 1 saturated heterocycles. The average molecular weight is 301 g/mol. The summed E-state index contributed by atoms with van der Waals surface area (Å²) in [6.07, 6.45) is 7.55. The van der Waals surface area contributed by atoms with Crippen molar-refractivity contribution in [2.24, 2.45) is 17.6 Å². The number of aromatic nitrogens is 1. The highest BCUT2D eigenvalue weighted by Crippen LogP contribution is 2.35. The number of nitrogens with two attached hydrogens (primary N) is 1. The van der Waals surface area contributed by atoms with E-state index in [2.05, 4.69) is 4.98 Å². The molecule has 22 heavy (non-hydrogen) atoms. The fourth-order valence-corrected chi connectivity index (χ4v) is 3.82. The molecule has 0 spiro atoms. The zero-order valence-electron chi connectivity index (χ0n) is 12.8. The van der Waals surface area contributed by atoms with Crippen molar-refractivity contribution in [1.29, 1.82) is 0 Å². The largest absolute Gasteiger partial charge is 0.364 e. The second-order valence-corrected chi connectivity index (χ2v) is 6.47. The van der Waals surface area contributed by atoms with E-state index in [9.17, 15) is 9.59 Å². The molecule has 1 aliphatic carbocycles. The minimum Gasteiger partial charge on any atom is -0.364 e. The zero-order valence-corrected chi connectivity index (χ0v) is 12.8. The van der Waals surface area contributed by atoms with E-state index >= 15 is 0 Å². The molecule has 0 aromatic carbocycles. The van der Waals surface area contributed by atoms with Gasteiger partial charge in [-0.05, 0) is 36.8 Å². The minimum absolute atomic E-state index is 0.0780. The standard InChI is InChI=1S/C17H23N3O2/c18-16(21)14-7-4-8-15(19-14)17(22)20-10-9-12-5-2-1-3-6-13(12)11-20/h4,7-8,12-13H,1-3,5-6,9-11H2,(H2,18,21). The third-order valence-electron chi connectivity index (χ3n) is 5.05. The Balaban J connectivity index is 1.72. The van der Waals surface area contributed by atoms with Crippen LogP contribution in [0.2, 0.25) is 0 Å². The number of amides is 2. The van der Waals surface area contributed by atoms with Gasteiger partial charge in [0, 0.05) is 13.1 Å². The van der Waals surface area contributed by atoms with Crippen LogP contribution in [-0.2, 0) is 0 Å². The Hall–Kier alpha value is -1.91. The Morgan fingerprint density at radius 3 is 2.55 bits per heavy atom. The Kier molecular flexibility index (Phi) is 4.41. The summed E-state index contributed by atoms with van der Waals surface area (Å²) in [5, 5.41) is 0. The van der Waals surface area contributed by atoms with Gasteiger partial charge in [0.2, 0.25) is 0 Å². The van der Waals surface area contributed by atoms with Gasteiger partial charge in [-0.1, -0.05) is 31.7 Å². The summed E-state index contributed by atoms with van der Waals surface area (Å²) in [4.78, 5) is 29.9. The molecule has 5 nitrogen and oxygen atoms in total. The smallest absolute Gasteiger partial charge is 0.272 e. The summed E-state index contributed by atoms with van der Waals surface area (Å²) in [6.45, 7) is 1.62. The first kappa shape index (κ1) is 15.0. The van der Waals surface area contributed by atoms with Gasteiger partial charge < -0.3 is 10.6 Å². The van der Waals surface area contributed by atoms with Gasteiger partial charge in [-0.3, -0.25) is 9.59 Å². The molecule has 2 unspecified atom stereocenters. The summed E-state index contributed by atoms with van der Waals surface area (Å²) < 4.78 is 0. The number of fused-ring (bicyclic) bond motifs is 1. The molecule has 2 heterocycles. The van der Waals surface area contributed by atoms with Crippen molar-refractivity contribution in [2.75, 3.05) is 13.1 Å². The van der Waals surface area contributed by atoms with E-state index in [1.54, 1.807) is 12.1 Å². The molecule has 2 amide bonds. The predicted molar refractivity (Wildman–Crippen MR) is 83.3 cm³/mol. The highest BCUT2D eigenvalue weighted by molar-refractivity contribution is 5.95. The fraction of sp³-hybridized carbons (Fsp3) is 0.588. The lowest BCUT2D eigenvalue weighted by atomic mass is 9.82. The van der Waals surface area contributed by atoms with Crippen LogP contribution in [0.25, 0.3) is 0 Å². The van der Waals surface area contributed by atoms with E-state index in [0.29, 0.717) is 11.6 Å². The third kappa shape index (κ3) is 3.13. The van der Waals surface area contributed by atoms with Crippen LogP contribution in [-0.4, -0.2) is 34.8 Å². The first-order chi connectivity index (χ1) is 10.6.